The average molecular weight is 278 g/mol. The highest BCUT2D eigenvalue weighted by Crippen LogP contribution is 2.33. The van der Waals surface area contributed by atoms with E-state index in [4.69, 9.17) is 9.26 Å². The number of ether oxygens (including phenoxy) is 1. The lowest BCUT2D eigenvalue weighted by Crippen LogP contribution is -2.31. The second-order valence-electron chi connectivity index (χ2n) is 6.17. The van der Waals surface area contributed by atoms with Crippen LogP contribution in [0.3, 0.4) is 0 Å². The van der Waals surface area contributed by atoms with Gasteiger partial charge in [0.1, 0.15) is 11.4 Å². The topological polar surface area (TPSA) is 65.2 Å². The van der Waals surface area contributed by atoms with Crippen LogP contribution in [0.4, 0.5) is 0 Å². The molecule has 0 bridgehead atoms. The summed E-state index contributed by atoms with van der Waals surface area (Å²) in [7, 11) is 0. The molecule has 0 spiro atoms. The Bertz CT molecular complexity index is 471. The van der Waals surface area contributed by atoms with Crippen molar-refractivity contribution in [3.05, 3.63) is 11.7 Å². The minimum Gasteiger partial charge on any atom is -0.367 e. The average Bonchev–Trinajstić information content (AvgIpc) is 3.11. The summed E-state index contributed by atoms with van der Waals surface area (Å²) in [6.45, 7) is 2.74. The van der Waals surface area contributed by atoms with E-state index in [-0.39, 0.29) is 18.1 Å². The van der Waals surface area contributed by atoms with Gasteiger partial charge in [0, 0.05) is 12.5 Å². The van der Waals surface area contributed by atoms with Crippen LogP contribution in [-0.4, -0.2) is 22.5 Å². The maximum Gasteiger partial charge on any atom is 0.234 e. The molecule has 20 heavy (non-hydrogen) atoms. The Labute approximate surface area is 119 Å². The van der Waals surface area contributed by atoms with E-state index in [1.165, 1.54) is 0 Å². The van der Waals surface area contributed by atoms with Gasteiger partial charge in [-0.05, 0) is 39.0 Å². The molecular weight excluding hydrogens is 256 g/mol. The fourth-order valence-corrected chi connectivity index (χ4v) is 3.19. The summed E-state index contributed by atoms with van der Waals surface area (Å²) in [4.78, 5) is 16.5. The van der Waals surface area contributed by atoms with Crippen molar-refractivity contribution in [3.63, 3.8) is 0 Å². The van der Waals surface area contributed by atoms with Crippen molar-refractivity contribution in [2.24, 2.45) is 5.92 Å². The first-order valence-corrected chi connectivity index (χ1v) is 7.67. The SMILES string of the molecule is CC1(c2noc(CC(=O)C3CCCC3)n2)CCCCO1. The summed E-state index contributed by atoms with van der Waals surface area (Å²) in [6, 6.07) is 0. The highest BCUT2D eigenvalue weighted by molar-refractivity contribution is 5.82. The predicted octanol–water partition coefficient (Wildman–Crippen LogP) is 2.79. The van der Waals surface area contributed by atoms with Crippen molar-refractivity contribution in [1.82, 2.24) is 10.1 Å². The Morgan fingerprint density at radius 1 is 1.30 bits per heavy atom. The smallest absolute Gasteiger partial charge is 0.234 e. The molecule has 0 N–H and O–H groups in total. The van der Waals surface area contributed by atoms with Gasteiger partial charge in [-0.3, -0.25) is 4.79 Å². The molecule has 1 atom stereocenters. The molecule has 2 aliphatic rings. The Morgan fingerprint density at radius 2 is 2.10 bits per heavy atom. The molecule has 1 aromatic heterocycles. The number of ketones is 1. The molecule has 1 aliphatic heterocycles. The van der Waals surface area contributed by atoms with E-state index in [0.29, 0.717) is 11.7 Å². The van der Waals surface area contributed by atoms with Crippen LogP contribution in [0.2, 0.25) is 0 Å². The van der Waals surface area contributed by atoms with E-state index in [0.717, 1.165) is 51.6 Å². The zero-order valence-corrected chi connectivity index (χ0v) is 12.1. The van der Waals surface area contributed by atoms with Gasteiger partial charge in [0.2, 0.25) is 11.7 Å². The first-order valence-electron chi connectivity index (χ1n) is 7.67. The van der Waals surface area contributed by atoms with Gasteiger partial charge in [0.25, 0.3) is 0 Å². The first kappa shape index (κ1) is 13.7. The molecule has 0 aromatic carbocycles. The molecule has 1 unspecified atom stereocenters. The van der Waals surface area contributed by atoms with Crippen molar-refractivity contribution in [2.75, 3.05) is 6.61 Å². The third-order valence-electron chi connectivity index (χ3n) is 4.55. The first-order chi connectivity index (χ1) is 9.67. The van der Waals surface area contributed by atoms with Gasteiger partial charge in [-0.15, -0.1) is 0 Å². The molecule has 1 aromatic rings. The molecule has 0 radical (unpaired) electrons. The summed E-state index contributed by atoms with van der Waals surface area (Å²) in [5.41, 5.74) is -0.448. The molecular formula is C15H22N2O3. The number of nitrogens with zero attached hydrogens (tertiary/aromatic N) is 2. The van der Waals surface area contributed by atoms with Crippen LogP contribution < -0.4 is 0 Å². The third kappa shape index (κ3) is 2.77. The van der Waals surface area contributed by atoms with Gasteiger partial charge in [0.15, 0.2) is 0 Å². The summed E-state index contributed by atoms with van der Waals surface area (Å²) in [5.74, 6) is 1.47. The van der Waals surface area contributed by atoms with E-state index in [9.17, 15) is 4.79 Å². The van der Waals surface area contributed by atoms with Gasteiger partial charge in [0.05, 0.1) is 6.42 Å². The molecule has 110 valence electrons. The molecule has 2 fully saturated rings. The van der Waals surface area contributed by atoms with Crippen LogP contribution in [-0.2, 0) is 21.6 Å². The number of carbonyl (C=O) groups is 1. The van der Waals surface area contributed by atoms with Gasteiger partial charge >= 0.3 is 0 Å². The van der Waals surface area contributed by atoms with Crippen LogP contribution in [0.25, 0.3) is 0 Å². The van der Waals surface area contributed by atoms with Crippen LogP contribution in [0, 0.1) is 5.92 Å². The van der Waals surface area contributed by atoms with Crippen molar-refractivity contribution in [1.29, 1.82) is 0 Å². The van der Waals surface area contributed by atoms with Gasteiger partial charge in [-0.1, -0.05) is 18.0 Å². The summed E-state index contributed by atoms with van der Waals surface area (Å²) in [5, 5.41) is 4.03. The fourth-order valence-electron chi connectivity index (χ4n) is 3.19. The van der Waals surface area contributed by atoms with E-state index < -0.39 is 5.60 Å². The van der Waals surface area contributed by atoms with Gasteiger partial charge < -0.3 is 9.26 Å². The molecule has 1 saturated carbocycles. The minimum atomic E-state index is -0.448. The lowest BCUT2D eigenvalue weighted by Gasteiger charge is -2.30. The van der Waals surface area contributed by atoms with Crippen LogP contribution in [0.5, 0.6) is 0 Å². The van der Waals surface area contributed by atoms with Crippen molar-refractivity contribution < 1.29 is 14.1 Å². The van der Waals surface area contributed by atoms with E-state index in [2.05, 4.69) is 10.1 Å². The van der Waals surface area contributed by atoms with Gasteiger partial charge in [-0.2, -0.15) is 4.98 Å². The Morgan fingerprint density at radius 3 is 2.80 bits per heavy atom. The Hall–Kier alpha value is -1.23. The molecule has 1 saturated heterocycles. The minimum absolute atomic E-state index is 0.201. The summed E-state index contributed by atoms with van der Waals surface area (Å²) < 4.78 is 11.1. The van der Waals surface area contributed by atoms with Crippen molar-refractivity contribution >= 4 is 5.78 Å². The molecule has 2 heterocycles. The lowest BCUT2D eigenvalue weighted by molar-refractivity contribution is -0.122. The number of hydrogen-bond donors (Lipinski definition) is 0. The maximum atomic E-state index is 12.1. The monoisotopic (exact) mass is 278 g/mol. The molecule has 1 aliphatic carbocycles. The Kier molecular flexibility index (Phi) is 3.87. The van der Waals surface area contributed by atoms with E-state index >= 15 is 0 Å². The lowest BCUT2D eigenvalue weighted by atomic mass is 9.95. The normalized spacial score (nSPS) is 27.9. The second-order valence-corrected chi connectivity index (χ2v) is 6.17. The molecule has 0 amide bonds. The fraction of sp³-hybridized carbons (Fsp3) is 0.800. The van der Waals surface area contributed by atoms with Crippen molar-refractivity contribution in [3.8, 4) is 0 Å². The number of carbonyl (C=O) groups excluding carboxylic acids is 1. The van der Waals surface area contributed by atoms with E-state index in [1.807, 2.05) is 6.92 Å². The third-order valence-corrected chi connectivity index (χ3v) is 4.55. The number of aromatic nitrogens is 2. The van der Waals surface area contributed by atoms with Gasteiger partial charge in [-0.25, -0.2) is 0 Å². The Balaban J connectivity index is 1.65. The zero-order chi connectivity index (χ0) is 14.0. The predicted molar refractivity (Wildman–Crippen MR) is 72.1 cm³/mol. The second kappa shape index (κ2) is 5.64. The molecule has 5 nitrogen and oxygen atoms in total. The van der Waals surface area contributed by atoms with Crippen LogP contribution in [0.1, 0.15) is 63.6 Å². The summed E-state index contributed by atoms with van der Waals surface area (Å²) in [6.07, 6.45) is 7.73. The zero-order valence-electron chi connectivity index (χ0n) is 12.1. The standard InChI is InChI=1S/C15H22N2O3/c1-15(8-4-5-9-19-15)14-16-13(20-17-14)10-12(18)11-6-2-3-7-11/h11H,2-10H2,1H3. The highest BCUT2D eigenvalue weighted by Gasteiger charge is 2.35. The molecule has 5 heteroatoms. The number of Topliss-reactive ketones (excluding diaryl/α,β-unsaturated/α-hetero) is 1. The van der Waals surface area contributed by atoms with Crippen molar-refractivity contribution in [2.45, 2.75) is 63.9 Å². The summed E-state index contributed by atoms with van der Waals surface area (Å²) >= 11 is 0. The quantitative estimate of drug-likeness (QED) is 0.847. The largest absolute Gasteiger partial charge is 0.367 e. The van der Waals surface area contributed by atoms with Crippen LogP contribution >= 0.6 is 0 Å². The van der Waals surface area contributed by atoms with Crippen LogP contribution in [0.15, 0.2) is 4.52 Å². The van der Waals surface area contributed by atoms with E-state index in [1.54, 1.807) is 0 Å². The highest BCUT2D eigenvalue weighted by atomic mass is 16.5. The maximum absolute atomic E-state index is 12.1. The molecule has 3 rings (SSSR count). The number of rotatable bonds is 4. The number of hydrogen-bond acceptors (Lipinski definition) is 5.